The van der Waals surface area contributed by atoms with Crippen LogP contribution in [0.25, 0.3) is 0 Å². The molecule has 0 aliphatic carbocycles. The lowest BCUT2D eigenvalue weighted by molar-refractivity contribution is -0.125. The van der Waals surface area contributed by atoms with Gasteiger partial charge in [0.2, 0.25) is 5.91 Å². The van der Waals surface area contributed by atoms with Crippen molar-refractivity contribution in [2.45, 2.75) is 83.6 Å². The molecule has 4 amide bonds. The standard InChI is InChI=1S/C39H54N6O5S2/c1-26(2)35(44-38(48)45(5)22-31-24-51-37(42-31)27(3)4)36(47)41-30(17-16-28-12-8-6-9-13-28)21-34(46)33(20-29-14-10-7-11-15-29)43-39(49)50-23-32-18-19-40-25-52-32/h6-15,18,25-27,30-31,33-35,46H,16-17,19-24H2,1-5H3,(H,41,47)(H,43,49)(H,44,48)/t30-,31?,33-,34-,35?/m0/s1. The first kappa shape index (κ1) is 41.0. The summed E-state index contributed by atoms with van der Waals surface area (Å²) in [6.45, 7) is 9.12. The summed E-state index contributed by atoms with van der Waals surface area (Å²) in [5.74, 6) is 0.659. The molecule has 2 aromatic carbocycles. The number of aliphatic hydroxyl groups is 1. The number of aliphatic imine (C=N–C) groups is 2. The number of nitrogens with zero attached hydrogens (tertiary/aromatic N) is 3. The molecule has 4 N–H and O–H groups in total. The van der Waals surface area contributed by atoms with Crippen LogP contribution in [0.4, 0.5) is 9.59 Å². The maximum absolute atomic E-state index is 13.9. The van der Waals surface area contributed by atoms with Gasteiger partial charge in [-0.25, -0.2) is 9.59 Å². The van der Waals surface area contributed by atoms with Crippen molar-refractivity contribution in [1.82, 2.24) is 20.9 Å². The Labute approximate surface area is 316 Å². The Kier molecular flexibility index (Phi) is 16.6. The molecule has 2 heterocycles. The third-order valence-corrected chi connectivity index (χ3v) is 11.2. The number of likely N-dealkylation sites (N-methyl/N-ethyl adjacent to an activating group) is 1. The van der Waals surface area contributed by atoms with Gasteiger partial charge < -0.3 is 30.7 Å². The fraction of sp³-hybridized carbons (Fsp3) is 0.513. The van der Waals surface area contributed by atoms with Crippen LogP contribution in [0.3, 0.4) is 0 Å². The van der Waals surface area contributed by atoms with Gasteiger partial charge in [-0.15, -0.1) is 11.8 Å². The van der Waals surface area contributed by atoms with Gasteiger partial charge in [-0.1, -0.05) is 100 Å². The van der Waals surface area contributed by atoms with E-state index in [2.05, 4.69) is 34.8 Å². The second kappa shape index (κ2) is 21.0. The normalized spacial score (nSPS) is 17.8. The summed E-state index contributed by atoms with van der Waals surface area (Å²) in [6, 6.07) is 17.3. The smallest absolute Gasteiger partial charge is 0.407 e. The van der Waals surface area contributed by atoms with E-state index in [-0.39, 0.29) is 36.9 Å². The molecular weight excluding hydrogens is 697 g/mol. The van der Waals surface area contributed by atoms with Gasteiger partial charge in [0, 0.05) is 36.2 Å². The highest BCUT2D eigenvalue weighted by Gasteiger charge is 2.31. The van der Waals surface area contributed by atoms with Crippen LogP contribution in [0, 0.1) is 11.8 Å². The van der Waals surface area contributed by atoms with Crippen molar-refractivity contribution in [1.29, 1.82) is 0 Å². The molecule has 13 heteroatoms. The molecule has 0 radical (unpaired) electrons. The van der Waals surface area contributed by atoms with Crippen LogP contribution in [0.15, 0.2) is 81.6 Å². The van der Waals surface area contributed by atoms with Gasteiger partial charge in [-0.05, 0) is 48.8 Å². The van der Waals surface area contributed by atoms with E-state index in [1.165, 1.54) is 11.8 Å². The van der Waals surface area contributed by atoms with E-state index >= 15 is 0 Å². The molecule has 11 nitrogen and oxygen atoms in total. The maximum atomic E-state index is 13.9. The molecule has 2 aliphatic heterocycles. The summed E-state index contributed by atoms with van der Waals surface area (Å²) in [6.07, 6.45) is 1.97. The second-order valence-corrected chi connectivity index (χ2v) is 16.0. The van der Waals surface area contributed by atoms with Crippen molar-refractivity contribution in [3.63, 3.8) is 0 Å². The van der Waals surface area contributed by atoms with Crippen LogP contribution in [0.1, 0.15) is 51.7 Å². The first-order valence-electron chi connectivity index (χ1n) is 18.0. The second-order valence-electron chi connectivity index (χ2n) is 13.9. The van der Waals surface area contributed by atoms with E-state index in [1.807, 2.05) is 80.6 Å². The number of urea groups is 1. The van der Waals surface area contributed by atoms with E-state index in [1.54, 1.807) is 29.3 Å². The molecule has 2 aromatic rings. The number of alkyl carbamates (subject to hydrolysis) is 1. The summed E-state index contributed by atoms with van der Waals surface area (Å²) in [5, 5.41) is 21.8. The van der Waals surface area contributed by atoms with Gasteiger partial charge in [0.25, 0.3) is 0 Å². The molecule has 282 valence electrons. The van der Waals surface area contributed by atoms with Crippen LogP contribution in [0.2, 0.25) is 0 Å². The zero-order chi connectivity index (χ0) is 37.5. The highest BCUT2D eigenvalue weighted by Crippen LogP contribution is 2.24. The van der Waals surface area contributed by atoms with Crippen molar-refractivity contribution in [3.8, 4) is 0 Å². The topological polar surface area (TPSA) is 145 Å². The average molecular weight is 751 g/mol. The zero-order valence-electron chi connectivity index (χ0n) is 30.9. The minimum Gasteiger partial charge on any atom is -0.444 e. The van der Waals surface area contributed by atoms with Crippen molar-refractivity contribution in [3.05, 3.63) is 82.8 Å². The Bertz CT molecular complexity index is 1540. The summed E-state index contributed by atoms with van der Waals surface area (Å²) < 4.78 is 5.51. The van der Waals surface area contributed by atoms with Gasteiger partial charge in [0.05, 0.1) is 35.3 Å². The quantitative estimate of drug-likeness (QED) is 0.153. The summed E-state index contributed by atoms with van der Waals surface area (Å²) >= 11 is 3.14. The third-order valence-electron chi connectivity index (χ3n) is 8.90. The van der Waals surface area contributed by atoms with Gasteiger partial charge in [-0.2, -0.15) is 0 Å². The number of benzene rings is 2. The summed E-state index contributed by atoms with van der Waals surface area (Å²) in [7, 11) is 1.72. The number of rotatable bonds is 18. The number of nitrogens with one attached hydrogen (secondary N) is 3. The summed E-state index contributed by atoms with van der Waals surface area (Å²) in [4.78, 5) is 51.7. The number of aryl methyl sites for hydroxylation is 1. The molecule has 0 fully saturated rings. The minimum absolute atomic E-state index is 0.0146. The predicted molar refractivity (Wildman–Crippen MR) is 213 cm³/mol. The molecule has 0 aromatic heterocycles. The molecule has 4 rings (SSSR count). The molecule has 2 unspecified atom stereocenters. The van der Waals surface area contributed by atoms with Gasteiger partial charge in [0.1, 0.15) is 12.6 Å². The first-order chi connectivity index (χ1) is 25.0. The SMILES string of the molecule is CC(C)C1=NC(CN(C)C(=O)NC(C(=O)N[C@@H](CCc2ccccc2)C[C@H](O)[C@H](Cc2ccccc2)NC(=O)OCC2=CCN=CS2)C(C)C)CS1. The predicted octanol–water partition coefficient (Wildman–Crippen LogP) is 5.69. The number of hydrogen-bond acceptors (Lipinski definition) is 9. The van der Waals surface area contributed by atoms with E-state index in [0.717, 1.165) is 26.8 Å². The van der Waals surface area contributed by atoms with Crippen molar-refractivity contribution in [2.75, 3.05) is 32.5 Å². The lowest BCUT2D eigenvalue weighted by atomic mass is 9.93. The van der Waals surface area contributed by atoms with Crippen LogP contribution >= 0.6 is 23.5 Å². The Hall–Kier alpha value is -3.81. The number of thioether (sulfide) groups is 2. The molecule has 5 atom stereocenters. The molecule has 52 heavy (non-hydrogen) atoms. The Morgan fingerprint density at radius 1 is 0.981 bits per heavy atom. The first-order valence-corrected chi connectivity index (χ1v) is 19.9. The van der Waals surface area contributed by atoms with E-state index < -0.39 is 30.3 Å². The van der Waals surface area contributed by atoms with Crippen LogP contribution < -0.4 is 16.0 Å². The number of amides is 4. The fourth-order valence-electron chi connectivity index (χ4n) is 5.93. The lowest BCUT2D eigenvalue weighted by Crippen LogP contribution is -2.56. The van der Waals surface area contributed by atoms with Crippen LogP contribution in [-0.4, -0.2) is 101 Å². The lowest BCUT2D eigenvalue weighted by Gasteiger charge is -2.31. The molecule has 0 saturated heterocycles. The number of ether oxygens (including phenoxy) is 1. The number of carbonyl (C=O) groups is 3. The van der Waals surface area contributed by atoms with Crippen molar-refractivity contribution in [2.24, 2.45) is 21.8 Å². The Morgan fingerprint density at radius 2 is 1.67 bits per heavy atom. The van der Waals surface area contributed by atoms with Crippen LogP contribution in [0.5, 0.6) is 0 Å². The highest BCUT2D eigenvalue weighted by molar-refractivity contribution is 8.15. The average Bonchev–Trinajstić information content (AvgIpc) is 3.61. The van der Waals surface area contributed by atoms with Crippen molar-refractivity contribution >= 4 is 52.1 Å². The monoisotopic (exact) mass is 750 g/mol. The van der Waals surface area contributed by atoms with Crippen molar-refractivity contribution < 1.29 is 24.2 Å². The zero-order valence-corrected chi connectivity index (χ0v) is 32.5. The molecular formula is C39H54N6O5S2. The van der Waals surface area contributed by atoms with E-state index in [4.69, 9.17) is 9.73 Å². The summed E-state index contributed by atoms with van der Waals surface area (Å²) in [5.41, 5.74) is 3.76. The molecule has 0 spiro atoms. The number of carbonyl (C=O) groups excluding carboxylic acids is 3. The number of hydrogen-bond donors (Lipinski definition) is 4. The van der Waals surface area contributed by atoms with Gasteiger partial charge in [0.15, 0.2) is 0 Å². The van der Waals surface area contributed by atoms with Gasteiger partial charge >= 0.3 is 12.1 Å². The maximum Gasteiger partial charge on any atom is 0.407 e. The number of aliphatic hydroxyl groups excluding tert-OH is 1. The Morgan fingerprint density at radius 3 is 2.29 bits per heavy atom. The van der Waals surface area contributed by atoms with E-state index in [9.17, 15) is 19.5 Å². The molecule has 2 aliphatic rings. The van der Waals surface area contributed by atoms with Gasteiger partial charge in [-0.3, -0.25) is 14.8 Å². The fourth-order valence-corrected chi connectivity index (χ4v) is 7.62. The largest absolute Gasteiger partial charge is 0.444 e. The van der Waals surface area contributed by atoms with Crippen LogP contribution in [-0.2, 0) is 22.4 Å². The minimum atomic E-state index is -1.02. The molecule has 0 saturated carbocycles. The molecule has 0 bridgehead atoms. The Balaban J connectivity index is 1.45. The van der Waals surface area contributed by atoms with E-state index in [0.29, 0.717) is 38.3 Å². The third kappa shape index (κ3) is 13.6. The highest BCUT2D eigenvalue weighted by atomic mass is 32.2.